The SMILES string of the molecule is CCC1C(=O)NC(=O)CN1Cc1ccc(C(=O)O)c(F)c1. The molecule has 7 heteroatoms. The lowest BCUT2D eigenvalue weighted by Crippen LogP contribution is -2.57. The van der Waals surface area contributed by atoms with Gasteiger partial charge in [-0.3, -0.25) is 19.8 Å². The minimum absolute atomic E-state index is 0.0482. The highest BCUT2D eigenvalue weighted by Gasteiger charge is 2.32. The summed E-state index contributed by atoms with van der Waals surface area (Å²) in [6.45, 7) is 2.07. The number of halogens is 1. The summed E-state index contributed by atoms with van der Waals surface area (Å²) in [5.41, 5.74) is 0.108. The Morgan fingerprint density at radius 1 is 1.48 bits per heavy atom. The molecule has 6 nitrogen and oxygen atoms in total. The first-order chi connectivity index (χ1) is 9.92. The number of benzene rings is 1. The fourth-order valence-corrected chi connectivity index (χ4v) is 2.40. The molecule has 0 spiro atoms. The Balaban J connectivity index is 2.20. The van der Waals surface area contributed by atoms with Gasteiger partial charge in [0.25, 0.3) is 0 Å². The molecule has 0 saturated carbocycles. The molecule has 1 atom stereocenters. The van der Waals surface area contributed by atoms with Gasteiger partial charge in [-0.05, 0) is 24.1 Å². The number of carbonyl (C=O) groups excluding carboxylic acids is 2. The van der Waals surface area contributed by atoms with Crippen LogP contribution in [0.3, 0.4) is 0 Å². The Bertz CT molecular complexity index is 603. The third kappa shape index (κ3) is 3.25. The highest BCUT2D eigenvalue weighted by Crippen LogP contribution is 2.16. The van der Waals surface area contributed by atoms with Crippen LogP contribution in [-0.4, -0.2) is 40.4 Å². The van der Waals surface area contributed by atoms with Gasteiger partial charge in [0.2, 0.25) is 11.8 Å². The van der Waals surface area contributed by atoms with Crippen molar-refractivity contribution in [1.29, 1.82) is 0 Å². The maximum Gasteiger partial charge on any atom is 0.338 e. The Morgan fingerprint density at radius 2 is 2.19 bits per heavy atom. The van der Waals surface area contributed by atoms with Gasteiger partial charge in [-0.15, -0.1) is 0 Å². The van der Waals surface area contributed by atoms with E-state index in [2.05, 4.69) is 5.32 Å². The second kappa shape index (κ2) is 6.01. The summed E-state index contributed by atoms with van der Waals surface area (Å²) in [4.78, 5) is 35.6. The van der Waals surface area contributed by atoms with Crippen molar-refractivity contribution >= 4 is 17.8 Å². The molecular weight excluding hydrogens is 279 g/mol. The average molecular weight is 294 g/mol. The molecule has 1 saturated heterocycles. The van der Waals surface area contributed by atoms with Crippen LogP contribution in [0.25, 0.3) is 0 Å². The monoisotopic (exact) mass is 294 g/mol. The van der Waals surface area contributed by atoms with Gasteiger partial charge in [-0.25, -0.2) is 9.18 Å². The van der Waals surface area contributed by atoms with Crippen molar-refractivity contribution in [2.45, 2.75) is 25.9 Å². The normalized spacial score (nSPS) is 19.4. The zero-order valence-electron chi connectivity index (χ0n) is 11.4. The number of amides is 2. The van der Waals surface area contributed by atoms with Crippen LogP contribution in [0.2, 0.25) is 0 Å². The Morgan fingerprint density at radius 3 is 2.76 bits per heavy atom. The standard InChI is InChI=1S/C14H15FN2O4/c1-2-11-13(19)16-12(18)7-17(11)6-8-3-4-9(14(20)21)10(15)5-8/h3-5,11H,2,6-7H2,1H3,(H,20,21)(H,16,18,19). The maximum atomic E-state index is 13.6. The van der Waals surface area contributed by atoms with Gasteiger partial charge in [0.1, 0.15) is 5.82 Å². The summed E-state index contributed by atoms with van der Waals surface area (Å²) in [5.74, 6) is -2.93. The van der Waals surface area contributed by atoms with Crippen molar-refractivity contribution in [2.75, 3.05) is 6.54 Å². The van der Waals surface area contributed by atoms with Gasteiger partial charge in [0.15, 0.2) is 0 Å². The molecule has 1 aromatic carbocycles. The van der Waals surface area contributed by atoms with Gasteiger partial charge in [-0.2, -0.15) is 0 Å². The molecule has 1 unspecified atom stereocenters. The van der Waals surface area contributed by atoms with Crippen molar-refractivity contribution in [2.24, 2.45) is 0 Å². The first-order valence-electron chi connectivity index (χ1n) is 6.51. The third-order valence-corrected chi connectivity index (χ3v) is 3.39. The fraction of sp³-hybridized carbons (Fsp3) is 0.357. The number of nitrogens with zero attached hydrogens (tertiary/aromatic N) is 1. The number of aromatic carboxylic acids is 1. The molecular formula is C14H15FN2O4. The van der Waals surface area contributed by atoms with E-state index in [1.165, 1.54) is 12.1 Å². The van der Waals surface area contributed by atoms with Gasteiger partial charge in [0, 0.05) is 6.54 Å². The van der Waals surface area contributed by atoms with Crippen molar-refractivity contribution in [3.8, 4) is 0 Å². The topological polar surface area (TPSA) is 86.7 Å². The number of imide groups is 1. The Labute approximate surface area is 120 Å². The number of rotatable bonds is 4. The molecule has 1 heterocycles. The number of hydrogen-bond acceptors (Lipinski definition) is 4. The molecule has 1 aliphatic heterocycles. The second-order valence-corrected chi connectivity index (χ2v) is 4.86. The van der Waals surface area contributed by atoms with Crippen molar-refractivity contribution in [1.82, 2.24) is 10.2 Å². The zero-order chi connectivity index (χ0) is 15.6. The smallest absolute Gasteiger partial charge is 0.338 e. The Hall–Kier alpha value is -2.28. The second-order valence-electron chi connectivity index (χ2n) is 4.86. The molecule has 1 aliphatic rings. The van der Waals surface area contributed by atoms with E-state index in [1.54, 1.807) is 4.90 Å². The summed E-state index contributed by atoms with van der Waals surface area (Å²) in [5, 5.41) is 11.0. The molecule has 0 radical (unpaired) electrons. The van der Waals surface area contributed by atoms with E-state index in [9.17, 15) is 18.8 Å². The van der Waals surface area contributed by atoms with Crippen LogP contribution in [0.5, 0.6) is 0 Å². The van der Waals surface area contributed by atoms with E-state index in [-0.39, 0.29) is 19.0 Å². The van der Waals surface area contributed by atoms with Crippen molar-refractivity contribution < 1.29 is 23.9 Å². The van der Waals surface area contributed by atoms with Crippen molar-refractivity contribution in [3.63, 3.8) is 0 Å². The molecule has 112 valence electrons. The van der Waals surface area contributed by atoms with E-state index in [0.717, 1.165) is 6.07 Å². The third-order valence-electron chi connectivity index (χ3n) is 3.39. The predicted octanol–water partition coefficient (Wildman–Crippen LogP) is 0.761. The number of hydrogen-bond donors (Lipinski definition) is 2. The molecule has 2 N–H and O–H groups in total. The highest BCUT2D eigenvalue weighted by molar-refractivity contribution is 6.01. The van der Waals surface area contributed by atoms with E-state index >= 15 is 0 Å². The Kier molecular flexibility index (Phi) is 4.32. The van der Waals surface area contributed by atoms with Gasteiger partial charge in [0.05, 0.1) is 18.2 Å². The minimum atomic E-state index is -1.34. The molecule has 2 amide bonds. The minimum Gasteiger partial charge on any atom is -0.478 e. The van der Waals surface area contributed by atoms with E-state index in [1.807, 2.05) is 6.92 Å². The van der Waals surface area contributed by atoms with Crippen LogP contribution < -0.4 is 5.32 Å². The predicted molar refractivity (Wildman–Crippen MR) is 71.0 cm³/mol. The maximum absolute atomic E-state index is 13.6. The van der Waals surface area contributed by atoms with E-state index in [4.69, 9.17) is 5.11 Å². The van der Waals surface area contributed by atoms with Crippen LogP contribution in [0.15, 0.2) is 18.2 Å². The summed E-state index contributed by atoms with van der Waals surface area (Å²) < 4.78 is 13.6. The van der Waals surface area contributed by atoms with Crippen LogP contribution in [-0.2, 0) is 16.1 Å². The quantitative estimate of drug-likeness (QED) is 0.801. The average Bonchev–Trinajstić information content (AvgIpc) is 2.37. The van der Waals surface area contributed by atoms with Gasteiger partial charge in [-0.1, -0.05) is 13.0 Å². The van der Waals surface area contributed by atoms with Crippen LogP contribution >= 0.6 is 0 Å². The van der Waals surface area contributed by atoms with Crippen LogP contribution in [0, 0.1) is 5.82 Å². The molecule has 1 aromatic rings. The number of carbonyl (C=O) groups is 3. The zero-order valence-corrected chi connectivity index (χ0v) is 11.4. The summed E-state index contributed by atoms with van der Waals surface area (Å²) in [6, 6.07) is 3.33. The number of nitrogens with one attached hydrogen (secondary N) is 1. The summed E-state index contributed by atoms with van der Waals surface area (Å²) in [7, 11) is 0. The molecule has 0 bridgehead atoms. The molecule has 21 heavy (non-hydrogen) atoms. The first kappa shape index (κ1) is 15.1. The number of carboxylic acids is 1. The van der Waals surface area contributed by atoms with E-state index in [0.29, 0.717) is 12.0 Å². The highest BCUT2D eigenvalue weighted by atomic mass is 19.1. The largest absolute Gasteiger partial charge is 0.478 e. The lowest BCUT2D eigenvalue weighted by Gasteiger charge is -2.33. The lowest BCUT2D eigenvalue weighted by molar-refractivity contribution is -0.140. The number of carboxylic acid groups (broad SMARTS) is 1. The van der Waals surface area contributed by atoms with Gasteiger partial charge < -0.3 is 5.11 Å². The fourth-order valence-electron chi connectivity index (χ4n) is 2.40. The first-order valence-corrected chi connectivity index (χ1v) is 6.51. The van der Waals surface area contributed by atoms with Crippen LogP contribution in [0.4, 0.5) is 4.39 Å². The molecule has 0 aromatic heterocycles. The van der Waals surface area contributed by atoms with Crippen LogP contribution in [0.1, 0.15) is 29.3 Å². The summed E-state index contributed by atoms with van der Waals surface area (Å²) >= 11 is 0. The lowest BCUT2D eigenvalue weighted by atomic mass is 10.1. The molecule has 2 rings (SSSR count). The summed E-state index contributed by atoms with van der Waals surface area (Å²) in [6.07, 6.45) is 0.523. The van der Waals surface area contributed by atoms with E-state index < -0.39 is 29.3 Å². The molecule has 0 aliphatic carbocycles. The number of piperazine rings is 1. The van der Waals surface area contributed by atoms with Crippen molar-refractivity contribution in [3.05, 3.63) is 35.1 Å². The van der Waals surface area contributed by atoms with Gasteiger partial charge >= 0.3 is 5.97 Å². The molecule has 1 fully saturated rings.